The molecule has 1 aliphatic rings. The standard InChI is InChI=1S/C8H19NSi/c1-10(2,3)8-6-4-5-7-9-8/h8-9H,4-7H2,1-3H3. The Bertz CT molecular complexity index is 100. The van der Waals surface area contributed by atoms with Crippen LogP contribution in [0.5, 0.6) is 0 Å². The van der Waals surface area contributed by atoms with Gasteiger partial charge >= 0.3 is 0 Å². The Balaban J connectivity index is 2.39. The minimum atomic E-state index is -0.867. The van der Waals surface area contributed by atoms with Gasteiger partial charge in [-0.25, -0.2) is 0 Å². The van der Waals surface area contributed by atoms with Crippen LogP contribution in [0.15, 0.2) is 0 Å². The number of hydrogen-bond acceptors (Lipinski definition) is 1. The fourth-order valence-corrected chi connectivity index (χ4v) is 3.42. The average molecular weight is 157 g/mol. The van der Waals surface area contributed by atoms with Crippen molar-refractivity contribution in [2.45, 2.75) is 44.6 Å². The maximum absolute atomic E-state index is 3.62. The summed E-state index contributed by atoms with van der Waals surface area (Å²) in [6, 6.07) is 0. The first-order chi connectivity index (χ1) is 4.61. The van der Waals surface area contributed by atoms with E-state index in [9.17, 15) is 0 Å². The highest BCUT2D eigenvalue weighted by molar-refractivity contribution is 6.77. The van der Waals surface area contributed by atoms with Gasteiger partial charge in [0, 0.05) is 0 Å². The summed E-state index contributed by atoms with van der Waals surface area (Å²) in [5.74, 6) is 0. The van der Waals surface area contributed by atoms with Gasteiger partial charge in [-0.15, -0.1) is 0 Å². The van der Waals surface area contributed by atoms with Gasteiger partial charge in [-0.1, -0.05) is 26.1 Å². The monoisotopic (exact) mass is 157 g/mol. The lowest BCUT2D eigenvalue weighted by Gasteiger charge is -2.33. The summed E-state index contributed by atoms with van der Waals surface area (Å²) in [5, 5.41) is 3.62. The lowest BCUT2D eigenvalue weighted by Crippen LogP contribution is -2.50. The predicted molar refractivity (Wildman–Crippen MR) is 49.0 cm³/mol. The molecule has 1 atom stereocenters. The van der Waals surface area contributed by atoms with Crippen molar-refractivity contribution in [3.05, 3.63) is 0 Å². The van der Waals surface area contributed by atoms with Crippen LogP contribution in [-0.4, -0.2) is 20.3 Å². The number of piperidine rings is 1. The molecule has 1 fully saturated rings. The molecule has 1 heterocycles. The minimum Gasteiger partial charge on any atom is -0.317 e. The van der Waals surface area contributed by atoms with E-state index in [0.717, 1.165) is 5.67 Å². The molecule has 1 unspecified atom stereocenters. The zero-order valence-corrected chi connectivity index (χ0v) is 8.41. The van der Waals surface area contributed by atoms with Crippen LogP contribution in [-0.2, 0) is 0 Å². The molecule has 0 amide bonds. The minimum absolute atomic E-state index is 0.867. The van der Waals surface area contributed by atoms with Gasteiger partial charge in [0.1, 0.15) is 0 Å². The molecule has 0 aromatic heterocycles. The molecule has 0 saturated carbocycles. The summed E-state index contributed by atoms with van der Waals surface area (Å²) in [5.41, 5.74) is 0.890. The molecule has 1 saturated heterocycles. The van der Waals surface area contributed by atoms with Crippen LogP contribution in [0, 0.1) is 0 Å². The van der Waals surface area contributed by atoms with Crippen molar-refractivity contribution in [3.8, 4) is 0 Å². The SMILES string of the molecule is C[Si](C)(C)C1CCCCN1. The molecular weight excluding hydrogens is 138 g/mol. The summed E-state index contributed by atoms with van der Waals surface area (Å²) in [6.45, 7) is 8.62. The van der Waals surface area contributed by atoms with E-state index in [-0.39, 0.29) is 0 Å². The normalized spacial score (nSPS) is 28.5. The van der Waals surface area contributed by atoms with Gasteiger partial charge in [0.15, 0.2) is 0 Å². The molecule has 2 heteroatoms. The molecule has 60 valence electrons. The van der Waals surface area contributed by atoms with Gasteiger partial charge < -0.3 is 5.32 Å². The van der Waals surface area contributed by atoms with Crippen LogP contribution in [0.25, 0.3) is 0 Å². The zero-order chi connectivity index (χ0) is 7.61. The van der Waals surface area contributed by atoms with E-state index in [1.165, 1.54) is 25.8 Å². The van der Waals surface area contributed by atoms with Crippen molar-refractivity contribution >= 4 is 8.07 Å². The third-order valence-electron chi connectivity index (χ3n) is 2.36. The van der Waals surface area contributed by atoms with E-state index >= 15 is 0 Å². The van der Waals surface area contributed by atoms with Gasteiger partial charge in [-0.05, 0) is 25.1 Å². The van der Waals surface area contributed by atoms with Crippen LogP contribution < -0.4 is 5.32 Å². The van der Waals surface area contributed by atoms with Gasteiger partial charge in [0.25, 0.3) is 0 Å². The second kappa shape index (κ2) is 3.05. The van der Waals surface area contributed by atoms with Crippen molar-refractivity contribution in [1.82, 2.24) is 5.32 Å². The lowest BCUT2D eigenvalue weighted by atomic mass is 10.2. The summed E-state index contributed by atoms with van der Waals surface area (Å²) >= 11 is 0. The lowest BCUT2D eigenvalue weighted by molar-refractivity contribution is 0.473. The molecule has 0 radical (unpaired) electrons. The van der Waals surface area contributed by atoms with E-state index in [1.54, 1.807) is 0 Å². The van der Waals surface area contributed by atoms with Gasteiger partial charge in [-0.2, -0.15) is 0 Å². The van der Waals surface area contributed by atoms with Gasteiger partial charge in [-0.3, -0.25) is 0 Å². The molecule has 0 bridgehead atoms. The molecule has 1 N–H and O–H groups in total. The number of hydrogen-bond donors (Lipinski definition) is 1. The molecule has 0 spiro atoms. The van der Waals surface area contributed by atoms with Crippen LogP contribution >= 0.6 is 0 Å². The van der Waals surface area contributed by atoms with Crippen LogP contribution in [0.4, 0.5) is 0 Å². The highest BCUT2D eigenvalue weighted by Crippen LogP contribution is 2.16. The molecular formula is C8H19NSi. The van der Waals surface area contributed by atoms with Crippen molar-refractivity contribution in [2.75, 3.05) is 6.54 Å². The van der Waals surface area contributed by atoms with E-state index in [0.29, 0.717) is 0 Å². The molecule has 0 aliphatic carbocycles. The molecule has 1 rings (SSSR count). The Morgan fingerprint density at radius 1 is 1.20 bits per heavy atom. The Morgan fingerprint density at radius 2 is 1.90 bits per heavy atom. The Hall–Kier alpha value is 0.177. The van der Waals surface area contributed by atoms with Crippen molar-refractivity contribution in [3.63, 3.8) is 0 Å². The van der Waals surface area contributed by atoms with E-state index in [4.69, 9.17) is 0 Å². The smallest absolute Gasteiger partial charge is 0.0635 e. The highest BCUT2D eigenvalue weighted by atomic mass is 28.3. The van der Waals surface area contributed by atoms with E-state index < -0.39 is 8.07 Å². The van der Waals surface area contributed by atoms with E-state index in [2.05, 4.69) is 25.0 Å². The Morgan fingerprint density at radius 3 is 2.20 bits per heavy atom. The number of nitrogens with one attached hydrogen (secondary N) is 1. The molecule has 0 aromatic rings. The first kappa shape index (κ1) is 8.28. The number of rotatable bonds is 1. The topological polar surface area (TPSA) is 12.0 Å². The first-order valence-corrected chi connectivity index (χ1v) is 7.92. The zero-order valence-electron chi connectivity index (χ0n) is 7.41. The summed E-state index contributed by atoms with van der Waals surface area (Å²) in [4.78, 5) is 0. The highest BCUT2D eigenvalue weighted by Gasteiger charge is 2.27. The molecule has 0 aromatic carbocycles. The molecule has 1 nitrogen and oxygen atoms in total. The maximum atomic E-state index is 3.62. The van der Waals surface area contributed by atoms with Crippen molar-refractivity contribution in [2.24, 2.45) is 0 Å². The second-order valence-electron chi connectivity index (χ2n) is 4.37. The predicted octanol–water partition coefficient (Wildman–Crippen LogP) is 2.01. The maximum Gasteiger partial charge on any atom is 0.0635 e. The molecule has 10 heavy (non-hydrogen) atoms. The van der Waals surface area contributed by atoms with Gasteiger partial charge in [0.2, 0.25) is 0 Å². The fourth-order valence-electron chi connectivity index (χ4n) is 1.59. The average Bonchev–Trinajstić information content (AvgIpc) is 1.88. The largest absolute Gasteiger partial charge is 0.317 e. The molecule has 1 aliphatic heterocycles. The van der Waals surface area contributed by atoms with Crippen LogP contribution in [0.2, 0.25) is 19.6 Å². The van der Waals surface area contributed by atoms with E-state index in [1.807, 2.05) is 0 Å². The first-order valence-electron chi connectivity index (χ1n) is 4.34. The second-order valence-corrected chi connectivity index (χ2v) is 9.80. The van der Waals surface area contributed by atoms with Crippen LogP contribution in [0.1, 0.15) is 19.3 Å². The van der Waals surface area contributed by atoms with Crippen molar-refractivity contribution in [1.29, 1.82) is 0 Å². The Kier molecular flexibility index (Phi) is 2.53. The van der Waals surface area contributed by atoms with Gasteiger partial charge in [0.05, 0.1) is 8.07 Å². The third-order valence-corrected chi connectivity index (χ3v) is 4.94. The fraction of sp³-hybridized carbons (Fsp3) is 1.00. The Labute approximate surface area is 65.2 Å². The van der Waals surface area contributed by atoms with Crippen molar-refractivity contribution < 1.29 is 0 Å². The summed E-state index contributed by atoms with van der Waals surface area (Å²) in [6.07, 6.45) is 4.26. The van der Waals surface area contributed by atoms with Crippen LogP contribution in [0.3, 0.4) is 0 Å². The summed E-state index contributed by atoms with van der Waals surface area (Å²) < 4.78 is 0. The third kappa shape index (κ3) is 2.10. The summed E-state index contributed by atoms with van der Waals surface area (Å²) in [7, 11) is -0.867. The quantitative estimate of drug-likeness (QED) is 0.574.